The number of hydrogen-bond acceptors (Lipinski definition) is 4. The number of hydrogen-bond donors (Lipinski definition) is 1. The van der Waals surface area contributed by atoms with Gasteiger partial charge in [0.1, 0.15) is 5.52 Å². The van der Waals surface area contributed by atoms with E-state index in [-0.39, 0.29) is 5.82 Å². The van der Waals surface area contributed by atoms with Crippen LogP contribution in [0, 0.1) is 19.7 Å². The summed E-state index contributed by atoms with van der Waals surface area (Å²) in [5, 5.41) is 13.7. The largest absolute Gasteiger partial charge is 0.311 e. The number of aromatic nitrogens is 5. The molecule has 1 N–H and O–H groups in total. The molecule has 6 rings (SSSR count). The number of aryl methyl sites for hydroxylation is 2. The molecule has 6 nitrogen and oxygen atoms in total. The Morgan fingerprint density at radius 2 is 2.00 bits per heavy atom. The number of halogens is 1. The molecular weight excluding hydrogens is 367 g/mol. The maximum absolute atomic E-state index is 15.0. The van der Waals surface area contributed by atoms with Crippen molar-refractivity contribution in [2.45, 2.75) is 51.1 Å². The van der Waals surface area contributed by atoms with Crippen LogP contribution in [0.2, 0.25) is 0 Å². The summed E-state index contributed by atoms with van der Waals surface area (Å²) in [6.45, 7) is 4.95. The fraction of sp³-hybridized carbons (Fsp3) is 0.409. The second kappa shape index (κ2) is 5.86. The molecule has 7 heteroatoms. The number of fused-ring (bicyclic) bond motifs is 2. The number of imidazole rings is 1. The lowest BCUT2D eigenvalue weighted by Gasteiger charge is -2.30. The Bertz CT molecular complexity index is 1270. The van der Waals surface area contributed by atoms with Gasteiger partial charge in [-0.1, -0.05) is 0 Å². The highest BCUT2D eigenvalue weighted by molar-refractivity contribution is 5.84. The van der Waals surface area contributed by atoms with Crippen molar-refractivity contribution in [3.8, 4) is 11.3 Å². The van der Waals surface area contributed by atoms with Crippen molar-refractivity contribution in [3.63, 3.8) is 0 Å². The van der Waals surface area contributed by atoms with Gasteiger partial charge in [0.2, 0.25) is 0 Å². The molecule has 4 heterocycles. The van der Waals surface area contributed by atoms with Crippen molar-refractivity contribution in [3.05, 3.63) is 47.7 Å². The Morgan fingerprint density at radius 1 is 1.14 bits per heavy atom. The summed E-state index contributed by atoms with van der Waals surface area (Å²) in [6.07, 6.45) is 8.48. The molecular formula is C22H23FN6. The van der Waals surface area contributed by atoms with E-state index in [9.17, 15) is 4.39 Å². The van der Waals surface area contributed by atoms with Gasteiger partial charge in [0.15, 0.2) is 11.5 Å². The molecule has 3 aromatic heterocycles. The molecule has 0 bridgehead atoms. The molecule has 4 aromatic rings. The fourth-order valence-electron chi connectivity index (χ4n) is 4.72. The van der Waals surface area contributed by atoms with Gasteiger partial charge in [0.25, 0.3) is 0 Å². The molecule has 1 spiro atoms. The third kappa shape index (κ3) is 2.75. The Morgan fingerprint density at radius 3 is 2.83 bits per heavy atom. The van der Waals surface area contributed by atoms with Gasteiger partial charge in [-0.3, -0.25) is 4.68 Å². The smallest absolute Gasteiger partial charge is 0.156 e. The highest BCUT2D eigenvalue weighted by Crippen LogP contribution is 2.45. The van der Waals surface area contributed by atoms with Crippen molar-refractivity contribution in [2.75, 3.05) is 6.54 Å². The van der Waals surface area contributed by atoms with Gasteiger partial charge in [-0.05, 0) is 69.8 Å². The van der Waals surface area contributed by atoms with Crippen LogP contribution in [0.15, 0.2) is 30.6 Å². The Balaban J connectivity index is 1.42. The normalized spacial score (nSPS) is 20.7. The highest BCUT2D eigenvalue weighted by atomic mass is 19.1. The van der Waals surface area contributed by atoms with Gasteiger partial charge < -0.3 is 5.32 Å². The Labute approximate surface area is 167 Å². The summed E-state index contributed by atoms with van der Waals surface area (Å²) < 4.78 is 18.7. The van der Waals surface area contributed by atoms with Crippen molar-refractivity contribution < 1.29 is 4.39 Å². The molecule has 1 atom stereocenters. The molecule has 2 aliphatic rings. The summed E-state index contributed by atoms with van der Waals surface area (Å²) >= 11 is 0. The predicted molar refractivity (Wildman–Crippen MR) is 109 cm³/mol. The van der Waals surface area contributed by atoms with Crippen LogP contribution in [0.5, 0.6) is 0 Å². The summed E-state index contributed by atoms with van der Waals surface area (Å²) in [4.78, 5) is 4.49. The topological polar surface area (TPSA) is 60.0 Å². The number of piperidine rings is 1. The molecule has 1 aliphatic carbocycles. The van der Waals surface area contributed by atoms with Crippen LogP contribution < -0.4 is 5.32 Å². The van der Waals surface area contributed by atoms with E-state index in [1.54, 1.807) is 10.6 Å². The molecule has 1 saturated carbocycles. The lowest BCUT2D eigenvalue weighted by Crippen LogP contribution is -2.40. The van der Waals surface area contributed by atoms with Crippen LogP contribution >= 0.6 is 0 Å². The van der Waals surface area contributed by atoms with Gasteiger partial charge in [0.05, 0.1) is 23.6 Å². The Kier molecular flexibility index (Phi) is 3.45. The van der Waals surface area contributed by atoms with Crippen LogP contribution in [-0.2, 0) is 0 Å². The predicted octanol–water partition coefficient (Wildman–Crippen LogP) is 3.96. The fourth-order valence-corrected chi connectivity index (χ4v) is 4.72. The van der Waals surface area contributed by atoms with Gasteiger partial charge in [-0.25, -0.2) is 13.9 Å². The molecule has 1 aliphatic heterocycles. The summed E-state index contributed by atoms with van der Waals surface area (Å²) in [6, 6.07) is 5.84. The first-order valence-corrected chi connectivity index (χ1v) is 10.3. The number of nitrogens with zero attached hydrogens (tertiary/aromatic N) is 5. The van der Waals surface area contributed by atoms with Crippen molar-refractivity contribution in [2.24, 2.45) is 0 Å². The first-order valence-electron chi connectivity index (χ1n) is 10.3. The number of rotatable bonds is 2. The van der Waals surface area contributed by atoms with E-state index in [2.05, 4.69) is 20.5 Å². The lowest BCUT2D eigenvalue weighted by molar-refractivity contribution is 0.271. The molecule has 0 amide bonds. The molecule has 2 fully saturated rings. The molecule has 1 saturated heterocycles. The second-order valence-corrected chi connectivity index (χ2v) is 8.72. The lowest BCUT2D eigenvalue weighted by atomic mass is 9.98. The van der Waals surface area contributed by atoms with E-state index in [4.69, 9.17) is 0 Å². The third-order valence-corrected chi connectivity index (χ3v) is 6.44. The number of nitrogens with one attached hydrogen (secondary N) is 1. The first-order chi connectivity index (χ1) is 14.0. The van der Waals surface area contributed by atoms with Crippen molar-refractivity contribution in [1.82, 2.24) is 29.7 Å². The summed E-state index contributed by atoms with van der Waals surface area (Å²) in [7, 11) is 0. The molecule has 0 unspecified atom stereocenters. The molecule has 29 heavy (non-hydrogen) atoms. The highest BCUT2D eigenvalue weighted by Gasteiger charge is 2.46. The van der Waals surface area contributed by atoms with E-state index in [0.717, 1.165) is 52.9 Å². The van der Waals surface area contributed by atoms with E-state index in [1.165, 1.54) is 12.8 Å². The van der Waals surface area contributed by atoms with Crippen LogP contribution in [0.4, 0.5) is 4.39 Å². The minimum atomic E-state index is -0.298. The van der Waals surface area contributed by atoms with Gasteiger partial charge >= 0.3 is 0 Å². The summed E-state index contributed by atoms with van der Waals surface area (Å²) in [5.41, 5.74) is 5.01. The van der Waals surface area contributed by atoms with Gasteiger partial charge in [-0.15, -0.1) is 0 Å². The van der Waals surface area contributed by atoms with E-state index in [1.807, 2.05) is 43.1 Å². The van der Waals surface area contributed by atoms with Crippen LogP contribution in [-0.4, -0.2) is 36.5 Å². The van der Waals surface area contributed by atoms with Gasteiger partial charge in [0, 0.05) is 22.7 Å². The quantitative estimate of drug-likeness (QED) is 0.563. The zero-order chi connectivity index (χ0) is 19.8. The van der Waals surface area contributed by atoms with Gasteiger partial charge in [-0.2, -0.15) is 10.2 Å². The van der Waals surface area contributed by atoms with Crippen molar-refractivity contribution in [1.29, 1.82) is 0 Å². The van der Waals surface area contributed by atoms with E-state index >= 15 is 0 Å². The third-order valence-electron chi connectivity index (χ3n) is 6.44. The molecule has 148 valence electrons. The average Bonchev–Trinajstić information content (AvgIpc) is 3.13. The van der Waals surface area contributed by atoms with E-state index < -0.39 is 0 Å². The van der Waals surface area contributed by atoms with Crippen LogP contribution in [0.1, 0.15) is 43.0 Å². The summed E-state index contributed by atoms with van der Waals surface area (Å²) in [5.74, 6) is -0.298. The maximum atomic E-state index is 15.0. The minimum absolute atomic E-state index is 0.298. The SMILES string of the molecule is Cc1cn2nc(-c3cc(F)c4nn([C@@H]5CCNC6(CC6)C5)cc4c3)cc(C)c2n1. The second-order valence-electron chi connectivity index (χ2n) is 8.72. The zero-order valence-electron chi connectivity index (χ0n) is 16.6. The maximum Gasteiger partial charge on any atom is 0.156 e. The first kappa shape index (κ1) is 17.1. The zero-order valence-corrected chi connectivity index (χ0v) is 16.6. The number of benzene rings is 1. The average molecular weight is 390 g/mol. The standard InChI is InChI=1S/C22H23FN6/c1-13-7-19(26-29-11-14(2)25-21(13)29)15-8-16-12-28(27-20(16)18(23)9-15)17-3-6-24-22(10-17)4-5-22/h7-9,11-12,17,24H,3-6,10H2,1-2H3/t17-/m1/s1. The van der Waals surface area contributed by atoms with Crippen LogP contribution in [0.3, 0.4) is 0 Å². The van der Waals surface area contributed by atoms with Crippen LogP contribution in [0.25, 0.3) is 27.8 Å². The minimum Gasteiger partial charge on any atom is -0.311 e. The van der Waals surface area contributed by atoms with Crippen molar-refractivity contribution >= 4 is 16.6 Å². The Hall–Kier alpha value is -2.80. The molecule has 1 aromatic carbocycles. The van der Waals surface area contributed by atoms with E-state index in [0.29, 0.717) is 17.1 Å². The monoisotopic (exact) mass is 390 g/mol. The molecule has 0 radical (unpaired) electrons.